The first-order valence-electron chi connectivity index (χ1n) is 6.35. The molecule has 1 heterocycles. The first kappa shape index (κ1) is 13.7. The third kappa shape index (κ3) is 3.08. The molecule has 1 aromatic heterocycles. The normalized spacial score (nSPS) is 10.9. The van der Waals surface area contributed by atoms with E-state index in [0.29, 0.717) is 11.3 Å². The Balaban J connectivity index is 1.79. The Hall–Kier alpha value is -2.27. The molecule has 0 aliphatic carbocycles. The topological polar surface area (TPSA) is 53.1 Å². The van der Waals surface area contributed by atoms with Crippen LogP contribution in [0.3, 0.4) is 0 Å². The van der Waals surface area contributed by atoms with Gasteiger partial charge in [0.05, 0.1) is 10.6 Å². The number of hydrogen-bond acceptors (Lipinski definition) is 2. The maximum Gasteiger partial charge on any atom is 0.335 e. The fourth-order valence-corrected chi connectivity index (χ4v) is 3.02. The lowest BCUT2D eigenvalue weighted by atomic mass is 10.1. The van der Waals surface area contributed by atoms with Gasteiger partial charge in [-0.2, -0.15) is 0 Å². The summed E-state index contributed by atoms with van der Waals surface area (Å²) in [6, 6.07) is 13.8. The summed E-state index contributed by atoms with van der Waals surface area (Å²) in [5.74, 6) is -1.14. The Kier molecular flexibility index (Phi) is 3.66. The molecule has 0 aliphatic heterocycles. The Morgan fingerprint density at radius 1 is 1.19 bits per heavy atom. The molecular weight excluding hydrogens is 289 g/mol. The summed E-state index contributed by atoms with van der Waals surface area (Å²) in [5.41, 5.74) is 1.67. The van der Waals surface area contributed by atoms with Crippen LogP contribution in [-0.4, -0.2) is 16.1 Å². The fraction of sp³-hybridized carbons (Fsp3) is 0.0625. The van der Waals surface area contributed by atoms with E-state index in [-0.39, 0.29) is 5.56 Å². The zero-order valence-electron chi connectivity index (χ0n) is 11.0. The molecule has 3 rings (SSSR count). The summed E-state index contributed by atoms with van der Waals surface area (Å²) < 4.78 is 13.4. The van der Waals surface area contributed by atoms with E-state index in [9.17, 15) is 9.18 Å². The van der Waals surface area contributed by atoms with Crippen molar-refractivity contribution in [3.63, 3.8) is 0 Å². The van der Waals surface area contributed by atoms with Crippen molar-refractivity contribution in [3.05, 3.63) is 65.5 Å². The van der Waals surface area contributed by atoms with Gasteiger partial charge in [-0.3, -0.25) is 0 Å². The van der Waals surface area contributed by atoms with Crippen molar-refractivity contribution < 1.29 is 14.3 Å². The Labute approximate surface area is 124 Å². The van der Waals surface area contributed by atoms with Crippen LogP contribution in [0.1, 0.15) is 15.9 Å². The van der Waals surface area contributed by atoms with Crippen molar-refractivity contribution in [2.75, 3.05) is 0 Å². The molecule has 0 aliphatic rings. The second-order valence-corrected chi connectivity index (χ2v) is 5.68. The first-order valence-corrected chi connectivity index (χ1v) is 7.34. The molecular formula is C16H12FNO2S. The predicted molar refractivity (Wildman–Crippen MR) is 81.2 cm³/mol. The van der Waals surface area contributed by atoms with Crippen LogP contribution >= 0.6 is 11.8 Å². The van der Waals surface area contributed by atoms with Crippen LogP contribution in [0.2, 0.25) is 0 Å². The molecule has 0 saturated heterocycles. The number of carbonyl (C=O) groups is 1. The van der Waals surface area contributed by atoms with Crippen molar-refractivity contribution >= 4 is 28.6 Å². The SMILES string of the molecule is O=C(O)c1cc(F)cc(CSc2cc3ccccc3[nH]2)c1. The molecule has 2 aromatic carbocycles. The van der Waals surface area contributed by atoms with Crippen LogP contribution in [0.4, 0.5) is 4.39 Å². The van der Waals surface area contributed by atoms with Crippen LogP contribution in [0.5, 0.6) is 0 Å². The molecule has 0 radical (unpaired) electrons. The number of carboxylic acids is 1. The maximum absolute atomic E-state index is 13.4. The summed E-state index contributed by atoms with van der Waals surface area (Å²) >= 11 is 1.51. The smallest absolute Gasteiger partial charge is 0.335 e. The van der Waals surface area contributed by atoms with Gasteiger partial charge in [0.15, 0.2) is 0 Å². The highest BCUT2D eigenvalue weighted by Crippen LogP contribution is 2.26. The molecule has 5 heteroatoms. The average molecular weight is 301 g/mol. The van der Waals surface area contributed by atoms with Crippen molar-refractivity contribution in [3.8, 4) is 0 Å². The highest BCUT2D eigenvalue weighted by atomic mass is 32.2. The Morgan fingerprint density at radius 2 is 2.00 bits per heavy atom. The van der Waals surface area contributed by atoms with Crippen LogP contribution in [-0.2, 0) is 5.75 Å². The quantitative estimate of drug-likeness (QED) is 0.706. The minimum absolute atomic E-state index is 0.0257. The van der Waals surface area contributed by atoms with Crippen molar-refractivity contribution in [2.24, 2.45) is 0 Å². The Morgan fingerprint density at radius 3 is 2.76 bits per heavy atom. The number of benzene rings is 2. The number of fused-ring (bicyclic) bond motifs is 1. The first-order chi connectivity index (χ1) is 10.1. The summed E-state index contributed by atoms with van der Waals surface area (Å²) in [5, 5.41) is 11.0. The summed E-state index contributed by atoms with van der Waals surface area (Å²) in [4.78, 5) is 14.2. The van der Waals surface area contributed by atoms with Gasteiger partial charge in [-0.25, -0.2) is 9.18 Å². The number of rotatable bonds is 4. The predicted octanol–water partition coefficient (Wildman–Crippen LogP) is 4.30. The van der Waals surface area contributed by atoms with Gasteiger partial charge >= 0.3 is 5.97 Å². The fourth-order valence-electron chi connectivity index (χ4n) is 2.14. The van der Waals surface area contributed by atoms with Gasteiger partial charge in [0.2, 0.25) is 0 Å². The van der Waals surface area contributed by atoms with Gasteiger partial charge in [0.1, 0.15) is 5.82 Å². The van der Waals surface area contributed by atoms with E-state index in [1.165, 1.54) is 23.9 Å². The molecule has 106 valence electrons. The van der Waals surface area contributed by atoms with E-state index in [2.05, 4.69) is 4.98 Å². The lowest BCUT2D eigenvalue weighted by Crippen LogP contribution is -1.98. The molecule has 0 fully saturated rings. The minimum Gasteiger partial charge on any atom is -0.478 e. The number of thioether (sulfide) groups is 1. The Bertz CT molecular complexity index is 780. The van der Waals surface area contributed by atoms with Gasteiger partial charge in [-0.05, 0) is 35.9 Å². The highest BCUT2D eigenvalue weighted by molar-refractivity contribution is 7.98. The van der Waals surface area contributed by atoms with Gasteiger partial charge < -0.3 is 10.1 Å². The summed E-state index contributed by atoms with van der Waals surface area (Å²) in [6.07, 6.45) is 0. The molecule has 0 bridgehead atoms. The van der Waals surface area contributed by atoms with E-state index in [1.54, 1.807) is 0 Å². The minimum atomic E-state index is -1.12. The average Bonchev–Trinajstić information content (AvgIpc) is 2.87. The number of nitrogens with one attached hydrogen (secondary N) is 1. The van der Waals surface area contributed by atoms with Gasteiger partial charge in [-0.1, -0.05) is 18.2 Å². The van der Waals surface area contributed by atoms with Crippen LogP contribution < -0.4 is 0 Å². The number of carboxylic acid groups (broad SMARTS) is 1. The molecule has 0 spiro atoms. The monoisotopic (exact) mass is 301 g/mol. The molecule has 0 saturated carbocycles. The lowest BCUT2D eigenvalue weighted by Gasteiger charge is -2.03. The van der Waals surface area contributed by atoms with Gasteiger partial charge in [-0.15, -0.1) is 11.8 Å². The number of hydrogen-bond donors (Lipinski definition) is 2. The summed E-state index contributed by atoms with van der Waals surface area (Å²) in [7, 11) is 0. The van der Waals surface area contributed by atoms with Crippen LogP contribution in [0.25, 0.3) is 10.9 Å². The number of halogens is 1. The second kappa shape index (κ2) is 5.61. The van der Waals surface area contributed by atoms with E-state index >= 15 is 0 Å². The third-order valence-corrected chi connectivity index (χ3v) is 4.11. The zero-order chi connectivity index (χ0) is 14.8. The lowest BCUT2D eigenvalue weighted by molar-refractivity contribution is 0.0696. The second-order valence-electron chi connectivity index (χ2n) is 4.66. The largest absolute Gasteiger partial charge is 0.478 e. The third-order valence-electron chi connectivity index (χ3n) is 3.10. The van der Waals surface area contributed by atoms with Crippen LogP contribution in [0, 0.1) is 5.82 Å². The number of para-hydroxylation sites is 1. The highest BCUT2D eigenvalue weighted by Gasteiger charge is 2.08. The molecule has 0 atom stereocenters. The van der Waals surface area contributed by atoms with Gasteiger partial charge in [0.25, 0.3) is 0 Å². The standard InChI is InChI=1S/C16H12FNO2S/c17-13-6-10(5-12(7-13)16(19)20)9-21-15-8-11-3-1-2-4-14(11)18-15/h1-8,18H,9H2,(H,19,20). The molecule has 3 aromatic rings. The van der Waals surface area contributed by atoms with Crippen LogP contribution in [0.15, 0.2) is 53.6 Å². The van der Waals surface area contributed by atoms with Gasteiger partial charge in [0, 0.05) is 16.7 Å². The van der Waals surface area contributed by atoms with Crippen molar-refractivity contribution in [1.29, 1.82) is 0 Å². The summed E-state index contributed by atoms with van der Waals surface area (Å²) in [6.45, 7) is 0. The molecule has 0 amide bonds. The number of aromatic nitrogens is 1. The molecule has 3 nitrogen and oxygen atoms in total. The number of aromatic amines is 1. The van der Waals surface area contributed by atoms with E-state index in [4.69, 9.17) is 5.11 Å². The van der Waals surface area contributed by atoms with Crippen molar-refractivity contribution in [2.45, 2.75) is 10.8 Å². The number of H-pyrrole nitrogens is 1. The number of aromatic carboxylic acids is 1. The molecule has 21 heavy (non-hydrogen) atoms. The van der Waals surface area contributed by atoms with E-state index in [0.717, 1.165) is 22.0 Å². The molecule has 0 unspecified atom stereocenters. The van der Waals surface area contributed by atoms with Crippen molar-refractivity contribution in [1.82, 2.24) is 4.98 Å². The maximum atomic E-state index is 13.4. The molecule has 2 N–H and O–H groups in total. The van der Waals surface area contributed by atoms with E-state index in [1.807, 2.05) is 30.3 Å². The zero-order valence-corrected chi connectivity index (χ0v) is 11.8. The van der Waals surface area contributed by atoms with E-state index < -0.39 is 11.8 Å².